The van der Waals surface area contributed by atoms with Crippen molar-refractivity contribution in [3.05, 3.63) is 52.9 Å². The van der Waals surface area contributed by atoms with E-state index in [1.54, 1.807) is 30.3 Å². The summed E-state index contributed by atoms with van der Waals surface area (Å²) in [6.07, 6.45) is 0. The van der Waals surface area contributed by atoms with Crippen molar-refractivity contribution in [3.8, 4) is 0 Å². The minimum atomic E-state index is -3.95. The summed E-state index contributed by atoms with van der Waals surface area (Å²) in [4.78, 5) is 19.3. The number of aromatic amines is 1. The zero-order chi connectivity index (χ0) is 15.5. The summed E-state index contributed by atoms with van der Waals surface area (Å²) < 4.78 is 24.8. The second-order valence-corrected chi connectivity index (χ2v) is 6.44. The van der Waals surface area contributed by atoms with Crippen LogP contribution < -0.4 is 10.8 Å². The van der Waals surface area contributed by atoms with Crippen LogP contribution in [-0.4, -0.2) is 22.8 Å². The quantitative estimate of drug-likeness (QED) is 0.545. The van der Waals surface area contributed by atoms with E-state index in [4.69, 9.17) is 5.14 Å². The van der Waals surface area contributed by atoms with Crippen LogP contribution in [0.5, 0.6) is 0 Å². The van der Waals surface area contributed by atoms with Crippen molar-refractivity contribution in [1.29, 1.82) is 0 Å². The van der Waals surface area contributed by atoms with Gasteiger partial charge in [0.1, 0.15) is 4.90 Å². The number of para-hydroxylation sites is 3. The molecule has 3 N–H and O–H groups in total. The summed E-state index contributed by atoms with van der Waals surface area (Å²) in [6, 6.07) is 11.8. The average molecular weight is 314 g/mol. The van der Waals surface area contributed by atoms with Crippen LogP contribution in [0.15, 0.2) is 52.2 Å². The van der Waals surface area contributed by atoms with E-state index in [1.165, 1.54) is 10.5 Å². The first-order valence-electron chi connectivity index (χ1n) is 6.42. The Morgan fingerprint density at radius 2 is 1.86 bits per heavy atom. The molecule has 0 atom stereocenters. The molecule has 0 aliphatic heterocycles. The number of aromatic nitrogens is 3. The minimum absolute atomic E-state index is 0.128. The molecule has 0 fully saturated rings. The van der Waals surface area contributed by atoms with Crippen LogP contribution in [0.4, 0.5) is 0 Å². The van der Waals surface area contributed by atoms with Gasteiger partial charge >= 0.3 is 5.69 Å². The van der Waals surface area contributed by atoms with Gasteiger partial charge in [0.25, 0.3) is 0 Å². The Balaban J connectivity index is 2.34. The third-order valence-electron chi connectivity index (χ3n) is 3.57. The Morgan fingerprint density at radius 3 is 2.64 bits per heavy atom. The third kappa shape index (κ3) is 1.68. The molecule has 7 nitrogen and oxygen atoms in total. The smallest absolute Gasteiger partial charge is 0.305 e. The fourth-order valence-electron chi connectivity index (χ4n) is 2.66. The Bertz CT molecular complexity index is 1220. The van der Waals surface area contributed by atoms with Crippen molar-refractivity contribution < 1.29 is 8.42 Å². The first kappa shape index (κ1) is 13.0. The van der Waals surface area contributed by atoms with Crippen molar-refractivity contribution in [2.75, 3.05) is 0 Å². The number of imidazole rings is 1. The monoisotopic (exact) mass is 314 g/mol. The van der Waals surface area contributed by atoms with Crippen LogP contribution in [0.1, 0.15) is 0 Å². The van der Waals surface area contributed by atoms with Gasteiger partial charge in [-0.2, -0.15) is 0 Å². The van der Waals surface area contributed by atoms with Gasteiger partial charge in [-0.05, 0) is 24.3 Å². The maximum Gasteiger partial charge on any atom is 0.332 e. The van der Waals surface area contributed by atoms with Crippen LogP contribution in [0.25, 0.3) is 27.6 Å². The van der Waals surface area contributed by atoms with Gasteiger partial charge in [0.15, 0.2) is 5.65 Å². The van der Waals surface area contributed by atoms with Crippen molar-refractivity contribution in [2.24, 2.45) is 5.14 Å². The molecular formula is C14H10N4O3S. The van der Waals surface area contributed by atoms with Gasteiger partial charge in [0.2, 0.25) is 10.0 Å². The summed E-state index contributed by atoms with van der Waals surface area (Å²) >= 11 is 0. The van der Waals surface area contributed by atoms with E-state index in [0.717, 1.165) is 0 Å². The van der Waals surface area contributed by atoms with Gasteiger partial charge in [0, 0.05) is 5.39 Å². The normalized spacial score (nSPS) is 12.4. The Morgan fingerprint density at radius 1 is 1.09 bits per heavy atom. The summed E-state index contributed by atoms with van der Waals surface area (Å²) in [7, 11) is -3.95. The fourth-order valence-corrected chi connectivity index (χ4v) is 3.37. The first-order chi connectivity index (χ1) is 10.5. The number of sulfonamides is 1. The molecule has 0 unspecified atom stereocenters. The maximum atomic E-state index is 12.4. The maximum absolute atomic E-state index is 12.4. The standard InChI is InChI=1S/C14H10N4O3S/c15-22(20,21)11-7-3-4-8-12(11)17-14(19)18-10-6-2-1-5-9(10)16-13(8)18/h1-7H,(H,17,19)(H2,15,20,21). The van der Waals surface area contributed by atoms with E-state index >= 15 is 0 Å². The average Bonchev–Trinajstić information content (AvgIpc) is 2.86. The highest BCUT2D eigenvalue weighted by Crippen LogP contribution is 2.24. The van der Waals surface area contributed by atoms with Crippen LogP contribution in [0.2, 0.25) is 0 Å². The first-order valence-corrected chi connectivity index (χ1v) is 7.96. The predicted molar refractivity (Wildman–Crippen MR) is 82.2 cm³/mol. The molecule has 0 radical (unpaired) electrons. The number of hydrogen-bond donors (Lipinski definition) is 2. The number of nitrogens with one attached hydrogen (secondary N) is 1. The SMILES string of the molecule is NS(=O)(=O)c1cccc2c1[nH]c(=O)n1c3ccccc3nc21. The molecule has 4 aromatic rings. The Hall–Kier alpha value is -2.71. The summed E-state index contributed by atoms with van der Waals surface area (Å²) in [5, 5.41) is 5.73. The zero-order valence-electron chi connectivity index (χ0n) is 11.1. The summed E-state index contributed by atoms with van der Waals surface area (Å²) in [6.45, 7) is 0. The Kier molecular flexibility index (Phi) is 2.45. The molecule has 0 saturated heterocycles. The van der Waals surface area contributed by atoms with Crippen molar-refractivity contribution in [2.45, 2.75) is 4.90 Å². The van der Waals surface area contributed by atoms with Gasteiger partial charge in [0.05, 0.1) is 16.6 Å². The van der Waals surface area contributed by atoms with Gasteiger partial charge < -0.3 is 4.98 Å². The van der Waals surface area contributed by atoms with E-state index in [1.807, 2.05) is 6.07 Å². The van der Waals surface area contributed by atoms with E-state index in [2.05, 4.69) is 9.97 Å². The molecule has 110 valence electrons. The number of H-pyrrole nitrogens is 1. The van der Waals surface area contributed by atoms with Gasteiger partial charge in [-0.25, -0.2) is 27.7 Å². The van der Waals surface area contributed by atoms with Crippen LogP contribution in [0, 0.1) is 0 Å². The molecule has 22 heavy (non-hydrogen) atoms. The van der Waals surface area contributed by atoms with Crippen LogP contribution in [-0.2, 0) is 10.0 Å². The number of rotatable bonds is 1. The number of benzene rings is 2. The van der Waals surface area contributed by atoms with Gasteiger partial charge in [-0.15, -0.1) is 0 Å². The van der Waals surface area contributed by atoms with E-state index in [-0.39, 0.29) is 10.4 Å². The molecule has 0 aliphatic rings. The van der Waals surface area contributed by atoms with E-state index in [0.29, 0.717) is 22.1 Å². The highest BCUT2D eigenvalue weighted by atomic mass is 32.2. The molecule has 4 rings (SSSR count). The number of primary sulfonamides is 1. The number of fused-ring (bicyclic) bond motifs is 5. The van der Waals surface area contributed by atoms with Crippen LogP contribution in [0.3, 0.4) is 0 Å². The van der Waals surface area contributed by atoms with Crippen LogP contribution >= 0.6 is 0 Å². The minimum Gasteiger partial charge on any atom is -0.305 e. The number of nitrogens with zero attached hydrogens (tertiary/aromatic N) is 2. The molecule has 0 saturated carbocycles. The molecule has 2 aromatic heterocycles. The van der Waals surface area contributed by atoms with Gasteiger partial charge in [-0.1, -0.05) is 18.2 Å². The highest BCUT2D eigenvalue weighted by molar-refractivity contribution is 7.89. The zero-order valence-corrected chi connectivity index (χ0v) is 12.0. The van der Waals surface area contributed by atoms with E-state index in [9.17, 15) is 13.2 Å². The fraction of sp³-hybridized carbons (Fsp3) is 0. The molecule has 0 bridgehead atoms. The molecule has 0 amide bonds. The predicted octanol–water partition coefficient (Wildman–Crippen LogP) is 0.976. The molecule has 8 heteroatoms. The van der Waals surface area contributed by atoms with E-state index < -0.39 is 15.7 Å². The lowest BCUT2D eigenvalue weighted by Gasteiger charge is -2.05. The number of hydrogen-bond acceptors (Lipinski definition) is 4. The summed E-state index contributed by atoms with van der Waals surface area (Å²) in [5.74, 6) is 0. The second kappa shape index (κ2) is 4.15. The molecule has 2 heterocycles. The van der Waals surface area contributed by atoms with Crippen molar-refractivity contribution in [3.63, 3.8) is 0 Å². The van der Waals surface area contributed by atoms with Crippen molar-refractivity contribution >= 4 is 37.6 Å². The number of nitrogens with two attached hydrogens (primary N) is 1. The lowest BCUT2D eigenvalue weighted by molar-refractivity contribution is 0.598. The third-order valence-corrected chi connectivity index (χ3v) is 4.52. The Labute approximate surface area is 124 Å². The highest BCUT2D eigenvalue weighted by Gasteiger charge is 2.17. The van der Waals surface area contributed by atoms with Gasteiger partial charge in [-0.3, -0.25) is 0 Å². The lowest BCUT2D eigenvalue weighted by atomic mass is 10.2. The molecule has 2 aromatic carbocycles. The lowest BCUT2D eigenvalue weighted by Crippen LogP contribution is -2.19. The molecule has 0 spiro atoms. The molecule has 0 aliphatic carbocycles. The van der Waals surface area contributed by atoms with Crippen molar-refractivity contribution in [1.82, 2.24) is 14.4 Å². The second-order valence-electron chi connectivity index (χ2n) is 4.91. The summed E-state index contributed by atoms with van der Waals surface area (Å²) in [5.41, 5.74) is 1.40. The molecular weight excluding hydrogens is 304 g/mol. The largest absolute Gasteiger partial charge is 0.332 e. The topological polar surface area (TPSA) is 110 Å².